The Labute approximate surface area is 417 Å². The number of nitrogens with two attached hydrogens (primary N) is 2. The first-order valence-electron chi connectivity index (χ1n) is 26.8. The van der Waals surface area contributed by atoms with Crippen molar-refractivity contribution in [1.29, 1.82) is 0 Å². The van der Waals surface area contributed by atoms with E-state index < -0.39 is 22.7 Å². The van der Waals surface area contributed by atoms with E-state index in [0.717, 1.165) is 80.2 Å². The van der Waals surface area contributed by atoms with Crippen molar-refractivity contribution in [2.75, 3.05) is 24.6 Å². The Morgan fingerprint density at radius 2 is 1.81 bits per heavy atom. The van der Waals surface area contributed by atoms with Crippen LogP contribution in [0.5, 0.6) is 11.5 Å². The fraction of sp³-hybridized carbons (Fsp3) is 0.709. The highest BCUT2D eigenvalue weighted by Crippen LogP contribution is 2.64. The summed E-state index contributed by atoms with van der Waals surface area (Å²) in [7, 11) is 4.07. The van der Waals surface area contributed by atoms with Gasteiger partial charge in [-0.05, 0) is 175 Å². The minimum Gasteiger partial charge on any atom is -0.504 e. The molecule has 1 amide bonds. The fourth-order valence-corrected chi connectivity index (χ4v) is 19.9. The number of esters is 1. The summed E-state index contributed by atoms with van der Waals surface area (Å²) in [6.07, 6.45) is 27.6. The summed E-state index contributed by atoms with van der Waals surface area (Å²) < 4.78 is 13.5. The molecule has 69 heavy (non-hydrogen) atoms. The van der Waals surface area contributed by atoms with Crippen molar-refractivity contribution >= 4 is 45.2 Å². The number of aliphatic hydroxyl groups excluding tert-OH is 1. The van der Waals surface area contributed by atoms with E-state index in [-0.39, 0.29) is 46.3 Å². The zero-order valence-electron chi connectivity index (χ0n) is 40.9. The second-order valence-corrected chi connectivity index (χ2v) is 26.2. The normalized spacial score (nSPS) is 37.6. The molecule has 1 aromatic carbocycles. The van der Waals surface area contributed by atoms with Crippen LogP contribution in [-0.2, 0) is 33.7 Å². The van der Waals surface area contributed by atoms with Gasteiger partial charge in [-0.15, -0.1) is 0 Å². The lowest BCUT2D eigenvalue weighted by Crippen LogP contribution is -2.55. The molecule has 10 bridgehead atoms. The molecule has 12 nitrogen and oxygen atoms in total. The van der Waals surface area contributed by atoms with Gasteiger partial charge in [0.2, 0.25) is 5.91 Å². The molecule has 7 N–H and O–H groups in total. The topological polar surface area (TPSA) is 186 Å². The highest BCUT2D eigenvalue weighted by Gasteiger charge is 2.57. The molecule has 1 saturated heterocycles. The zero-order valence-corrected chi connectivity index (χ0v) is 42.5. The first-order valence-corrected chi connectivity index (χ1v) is 29.1. The number of allylic oxidation sites excluding steroid dienone is 1. The van der Waals surface area contributed by atoms with Crippen LogP contribution in [0, 0.1) is 34.5 Å². The largest absolute Gasteiger partial charge is 0.504 e. The third-order valence-corrected chi connectivity index (χ3v) is 22.7. The monoisotopic (exact) mass is 981 g/mol. The van der Waals surface area contributed by atoms with Gasteiger partial charge in [-0.1, -0.05) is 40.5 Å². The maximum Gasteiger partial charge on any atom is 0.303 e. The number of aromatic nitrogens is 1. The number of pyridine rings is 1. The first-order chi connectivity index (χ1) is 33.3. The van der Waals surface area contributed by atoms with Gasteiger partial charge in [0.05, 0.1) is 6.10 Å². The number of hydrogen-bond donors (Lipinski definition) is 5. The predicted molar refractivity (Wildman–Crippen MR) is 274 cm³/mol. The summed E-state index contributed by atoms with van der Waals surface area (Å²) >= 11 is 0. The average Bonchev–Trinajstić information content (AvgIpc) is 4.07. The van der Waals surface area contributed by atoms with E-state index in [0.29, 0.717) is 92.5 Å². The van der Waals surface area contributed by atoms with E-state index in [1.165, 1.54) is 58.3 Å². The summed E-state index contributed by atoms with van der Waals surface area (Å²) in [6, 6.07) is 6.02. The molecule has 8 atom stereocenters. The molecule has 0 unspecified atom stereocenters. The number of guanidine groups is 1. The van der Waals surface area contributed by atoms with E-state index in [2.05, 4.69) is 28.5 Å². The third-order valence-electron chi connectivity index (χ3n) is 19.3. The summed E-state index contributed by atoms with van der Waals surface area (Å²) in [5.74, 6) is 4.19. The second kappa shape index (κ2) is 18.8. The number of hydrogen-bond acceptors (Lipinski definition) is 13. The van der Waals surface area contributed by atoms with Crippen molar-refractivity contribution in [1.82, 2.24) is 15.2 Å². The number of phenols is 1. The van der Waals surface area contributed by atoms with Crippen LogP contribution in [0.2, 0.25) is 0 Å². The van der Waals surface area contributed by atoms with Crippen molar-refractivity contribution in [2.45, 2.75) is 189 Å². The molecule has 374 valence electrons. The number of nitrogens with one attached hydrogen (secondary N) is 1. The predicted octanol–water partition coefficient (Wildman–Crippen LogP) is 9.64. The van der Waals surface area contributed by atoms with Crippen LogP contribution in [0.4, 0.5) is 5.82 Å². The van der Waals surface area contributed by atoms with Crippen molar-refractivity contribution in [3.8, 4) is 11.5 Å². The van der Waals surface area contributed by atoms with Gasteiger partial charge in [0.15, 0.2) is 17.5 Å². The van der Waals surface area contributed by atoms with Crippen LogP contribution < -0.4 is 21.5 Å². The first kappa shape index (κ1) is 47.7. The molecule has 1 aromatic heterocycles. The Kier molecular flexibility index (Phi) is 13.0. The van der Waals surface area contributed by atoms with Gasteiger partial charge in [-0.3, -0.25) is 14.6 Å². The number of ether oxygens (including phenoxy) is 2. The molecule has 0 radical (unpaired) electrons. The smallest absolute Gasteiger partial charge is 0.303 e. The fourth-order valence-electron chi connectivity index (χ4n) is 15.9. The minimum absolute atomic E-state index is 0.0347. The summed E-state index contributed by atoms with van der Waals surface area (Å²) in [6.45, 7) is 2.68. The van der Waals surface area contributed by atoms with Crippen LogP contribution in [0.15, 0.2) is 41.5 Å². The number of carbonyl (C=O) groups is 2. The van der Waals surface area contributed by atoms with Crippen molar-refractivity contribution in [2.24, 2.45) is 45.2 Å². The SMILES string of the molecule is CC(=O)O[C@@]12CCc3cc(c(O)c4c3[C@H]3C=C[C@@]5(CCC[C@@H]5C3)O4)CN3C[C@](Cc4ccnc(N)c4)(CCN=C(N)N[C@@]4(CCCC45CCCC5)SSCC4CCC(CC4)[C@@H](CC1)[C@H](O)C2)CC3=O. The van der Waals surface area contributed by atoms with Crippen molar-refractivity contribution < 1.29 is 29.3 Å². The molecule has 3 spiro atoms. The minimum atomic E-state index is -0.800. The van der Waals surface area contributed by atoms with E-state index in [1.54, 1.807) is 6.20 Å². The molecule has 2 aromatic rings. The van der Waals surface area contributed by atoms with Crippen LogP contribution in [-0.4, -0.2) is 79.0 Å². The van der Waals surface area contributed by atoms with Gasteiger partial charge < -0.3 is 41.4 Å². The van der Waals surface area contributed by atoms with E-state index in [4.69, 9.17) is 25.9 Å². The van der Waals surface area contributed by atoms with E-state index in [1.807, 2.05) is 38.6 Å². The number of carbonyl (C=O) groups excluding carboxylic acids is 2. The van der Waals surface area contributed by atoms with Gasteiger partial charge in [0.25, 0.3) is 0 Å². The highest BCUT2D eigenvalue weighted by atomic mass is 33.1. The van der Waals surface area contributed by atoms with Crippen LogP contribution in [0.3, 0.4) is 0 Å². The Hall–Kier alpha value is -3.62. The van der Waals surface area contributed by atoms with Gasteiger partial charge in [0, 0.05) is 85.1 Å². The standard InChI is InChI=1S/C55H76N6O6S2/c1-35(62)66-53-20-11-39-27-41(48(65)49-47(39)40-12-22-54(67-49)18-4-6-42(54)28-40)32-61-34-51(31-46(61)64,29-37-14-24-58-45(56)26-37)23-25-59-50(57)60-55(19-5-17-52(55)15-2-3-16-52)69-68-33-36-7-9-38(10-8-36)43(13-21-53)44(63)30-53/h12,14,22,24,26-27,36,38,40,42-44,63,65H,2-11,13,15-21,23,25,28-34H2,1H3,(H2,56,58)(H3,57,59,60)/t36?,38?,40-,42+,43+,44+,51-,53-,54+,55-/m0/s1. The molecule has 7 heterocycles. The number of aliphatic hydroxyl groups is 1. The number of anilines is 1. The van der Waals surface area contributed by atoms with Crippen LogP contribution in [0.25, 0.3) is 0 Å². The molecule has 6 fully saturated rings. The molecular formula is C55H76N6O6S2. The molecule has 14 heteroatoms. The number of fused-ring (bicyclic) bond motifs is 2. The van der Waals surface area contributed by atoms with Crippen molar-refractivity contribution in [3.05, 3.63) is 58.8 Å². The van der Waals surface area contributed by atoms with Gasteiger partial charge in [-0.2, -0.15) is 0 Å². The number of nitrogens with zero attached hydrogens (tertiary/aromatic N) is 3. The number of aromatic hydroxyl groups is 1. The number of aliphatic imine (C=N–C) groups is 1. The van der Waals surface area contributed by atoms with Gasteiger partial charge in [-0.25, -0.2) is 4.98 Å². The van der Waals surface area contributed by atoms with E-state index in [9.17, 15) is 19.8 Å². The van der Waals surface area contributed by atoms with Gasteiger partial charge >= 0.3 is 5.97 Å². The molecule has 5 saturated carbocycles. The molecule has 12 aliphatic rings. The maximum absolute atomic E-state index is 14.5. The van der Waals surface area contributed by atoms with Crippen molar-refractivity contribution in [3.63, 3.8) is 0 Å². The number of aryl methyl sites for hydroxylation is 1. The lowest BCUT2D eigenvalue weighted by Gasteiger charge is -2.46. The lowest BCUT2D eigenvalue weighted by molar-refractivity contribution is -0.170. The Bertz CT molecular complexity index is 2350. The summed E-state index contributed by atoms with van der Waals surface area (Å²) in [4.78, 5) is 38.6. The average molecular weight is 981 g/mol. The quantitative estimate of drug-likeness (QED) is 0.112. The zero-order chi connectivity index (χ0) is 47.6. The number of nitrogen functional groups attached to an aromatic ring is 1. The Balaban J connectivity index is 0.953. The summed E-state index contributed by atoms with van der Waals surface area (Å²) in [5.41, 5.74) is 15.5. The molecule has 6 aliphatic carbocycles. The van der Waals surface area contributed by atoms with Gasteiger partial charge in [0.1, 0.15) is 21.9 Å². The molecular weight excluding hydrogens is 905 g/mol. The number of benzene rings is 1. The third kappa shape index (κ3) is 9.05. The number of phenolic OH excluding ortho intramolecular Hbond substituents is 1. The lowest BCUT2D eigenvalue weighted by atomic mass is 9.66. The highest BCUT2D eigenvalue weighted by molar-refractivity contribution is 8.77. The number of amides is 1. The molecule has 6 aliphatic heterocycles. The van der Waals surface area contributed by atoms with Crippen LogP contribution in [0.1, 0.15) is 170 Å². The number of rotatable bonds is 3. The maximum atomic E-state index is 14.5. The van der Waals surface area contributed by atoms with Crippen LogP contribution >= 0.6 is 21.6 Å². The molecule has 14 rings (SSSR count). The van der Waals surface area contributed by atoms with E-state index >= 15 is 0 Å². The Morgan fingerprint density at radius 1 is 0.986 bits per heavy atom. The second-order valence-electron chi connectivity index (χ2n) is 23.5. The Morgan fingerprint density at radius 3 is 2.61 bits per heavy atom. The summed E-state index contributed by atoms with van der Waals surface area (Å²) in [5, 5.41) is 28.5.